The lowest BCUT2D eigenvalue weighted by molar-refractivity contribution is 0.846. The number of nitrogens with zero attached hydrogens (tertiary/aromatic N) is 2. The fourth-order valence-electron chi connectivity index (χ4n) is 1.33. The molecule has 1 heterocycles. The van der Waals surface area contributed by atoms with E-state index in [9.17, 15) is 0 Å². The maximum Gasteiger partial charge on any atom is 0.0649 e. The monoisotopic (exact) mass is 236 g/mol. The summed E-state index contributed by atoms with van der Waals surface area (Å²) in [5, 5.41) is 5.03. The summed E-state index contributed by atoms with van der Waals surface area (Å²) in [5.41, 5.74) is 3.40. The van der Waals surface area contributed by atoms with E-state index in [0.717, 1.165) is 16.4 Å². The molecule has 3 heteroatoms. The summed E-state index contributed by atoms with van der Waals surface area (Å²) < 4.78 is 1.91. The Hall–Kier alpha value is -1.28. The highest BCUT2D eigenvalue weighted by Gasteiger charge is 2.03. The smallest absolute Gasteiger partial charge is 0.0649 e. The van der Waals surface area contributed by atoms with Crippen molar-refractivity contribution in [1.29, 1.82) is 0 Å². The molecule has 16 heavy (non-hydrogen) atoms. The molecule has 0 saturated heterocycles. The lowest BCUT2D eigenvalue weighted by atomic mass is 10.3. The molecule has 0 bridgehead atoms. The second-order valence-electron chi connectivity index (χ2n) is 3.30. The van der Waals surface area contributed by atoms with E-state index in [0.29, 0.717) is 0 Å². The second kappa shape index (κ2) is 5.71. The molecule has 0 aliphatic heterocycles. The maximum atomic E-state index is 5.81. The van der Waals surface area contributed by atoms with Crippen LogP contribution in [0.15, 0.2) is 30.5 Å². The van der Waals surface area contributed by atoms with E-state index >= 15 is 0 Å². The number of hydrogen-bond acceptors (Lipinski definition) is 1. The zero-order chi connectivity index (χ0) is 12.1. The van der Waals surface area contributed by atoms with Gasteiger partial charge in [0, 0.05) is 10.7 Å². The van der Waals surface area contributed by atoms with Crippen molar-refractivity contribution in [2.75, 3.05) is 0 Å². The zero-order valence-corrected chi connectivity index (χ0v) is 10.9. The first-order valence-electron chi connectivity index (χ1n) is 5.45. The number of halogens is 1. The van der Waals surface area contributed by atoms with Crippen molar-refractivity contribution in [2.24, 2.45) is 0 Å². The van der Waals surface area contributed by atoms with Crippen LogP contribution in [-0.4, -0.2) is 9.78 Å². The quantitative estimate of drug-likeness (QED) is 0.727. The van der Waals surface area contributed by atoms with Crippen molar-refractivity contribution in [3.63, 3.8) is 0 Å². The molecule has 0 amide bonds. The molecule has 0 aliphatic carbocycles. The van der Waals surface area contributed by atoms with E-state index in [1.54, 1.807) is 0 Å². The molecule has 0 N–H and O–H groups in total. The number of benzene rings is 1. The molecule has 0 radical (unpaired) electrons. The molecule has 86 valence electrons. The van der Waals surface area contributed by atoms with E-state index in [1.807, 2.05) is 49.0 Å². The fraction of sp³-hybridized carbons (Fsp3) is 0.308. The molecule has 2 rings (SSSR count). The van der Waals surface area contributed by atoms with Crippen molar-refractivity contribution in [2.45, 2.75) is 27.7 Å². The molecule has 0 fully saturated rings. The Balaban J connectivity index is 0.000000606. The Morgan fingerprint density at radius 2 is 1.62 bits per heavy atom. The summed E-state index contributed by atoms with van der Waals surface area (Å²) in [6.07, 6.45) is 1.87. The summed E-state index contributed by atoms with van der Waals surface area (Å²) in [6, 6.07) is 7.66. The molecular formula is C13H17ClN2. The van der Waals surface area contributed by atoms with Crippen molar-refractivity contribution in [3.8, 4) is 5.69 Å². The van der Waals surface area contributed by atoms with E-state index in [4.69, 9.17) is 11.6 Å². The van der Waals surface area contributed by atoms with Crippen LogP contribution in [0, 0.1) is 13.8 Å². The first kappa shape index (κ1) is 12.8. The first-order chi connectivity index (χ1) is 7.68. The molecule has 1 aromatic heterocycles. The third-order valence-corrected chi connectivity index (χ3v) is 2.58. The van der Waals surface area contributed by atoms with Crippen LogP contribution in [-0.2, 0) is 0 Å². The van der Waals surface area contributed by atoms with Crippen LogP contribution in [0.5, 0.6) is 0 Å². The minimum absolute atomic E-state index is 0.746. The van der Waals surface area contributed by atoms with Crippen molar-refractivity contribution < 1.29 is 0 Å². The highest BCUT2D eigenvalue weighted by atomic mass is 35.5. The van der Waals surface area contributed by atoms with Gasteiger partial charge in [-0.1, -0.05) is 25.4 Å². The number of hydrogen-bond donors (Lipinski definition) is 0. The molecule has 0 saturated carbocycles. The number of aromatic nitrogens is 2. The molecule has 0 atom stereocenters. The van der Waals surface area contributed by atoms with Crippen LogP contribution < -0.4 is 0 Å². The predicted octanol–water partition coefficient (Wildman–Crippen LogP) is 4.17. The predicted molar refractivity (Wildman–Crippen MR) is 69.4 cm³/mol. The van der Waals surface area contributed by atoms with Gasteiger partial charge in [-0.3, -0.25) is 0 Å². The molecule has 2 aromatic rings. The molecule has 0 aliphatic rings. The molecule has 1 aromatic carbocycles. The first-order valence-corrected chi connectivity index (χ1v) is 5.83. The van der Waals surface area contributed by atoms with Crippen molar-refractivity contribution in [3.05, 3.63) is 46.7 Å². The van der Waals surface area contributed by atoms with Gasteiger partial charge in [0.25, 0.3) is 0 Å². The topological polar surface area (TPSA) is 17.8 Å². The second-order valence-corrected chi connectivity index (χ2v) is 3.74. The highest BCUT2D eigenvalue weighted by Crippen LogP contribution is 2.15. The van der Waals surface area contributed by atoms with Gasteiger partial charge >= 0.3 is 0 Å². The molecule has 0 spiro atoms. The van der Waals surface area contributed by atoms with E-state index in [1.165, 1.54) is 5.56 Å². The van der Waals surface area contributed by atoms with Gasteiger partial charge in [0.1, 0.15) is 0 Å². The van der Waals surface area contributed by atoms with Crippen LogP contribution in [0.3, 0.4) is 0 Å². The van der Waals surface area contributed by atoms with Gasteiger partial charge in [-0.15, -0.1) is 0 Å². The van der Waals surface area contributed by atoms with Crippen LogP contribution in [0.2, 0.25) is 5.02 Å². The van der Waals surface area contributed by atoms with Gasteiger partial charge in [0.15, 0.2) is 0 Å². The number of aryl methyl sites for hydroxylation is 1. The molecule has 2 nitrogen and oxygen atoms in total. The van der Waals surface area contributed by atoms with Gasteiger partial charge < -0.3 is 0 Å². The summed E-state index contributed by atoms with van der Waals surface area (Å²) in [6.45, 7) is 8.10. The summed E-state index contributed by atoms with van der Waals surface area (Å²) in [7, 11) is 0. The van der Waals surface area contributed by atoms with Crippen molar-refractivity contribution in [1.82, 2.24) is 9.78 Å². The fourth-order valence-corrected chi connectivity index (χ4v) is 1.46. The average Bonchev–Trinajstić information content (AvgIpc) is 2.64. The molecular weight excluding hydrogens is 220 g/mol. The van der Waals surface area contributed by atoms with Gasteiger partial charge in [-0.25, -0.2) is 4.68 Å². The van der Waals surface area contributed by atoms with Crippen LogP contribution >= 0.6 is 11.6 Å². The Bertz CT molecular complexity index is 443. The summed E-state index contributed by atoms with van der Waals surface area (Å²) in [5.74, 6) is 0. The minimum Gasteiger partial charge on any atom is -0.238 e. The van der Waals surface area contributed by atoms with Crippen LogP contribution in [0.4, 0.5) is 0 Å². The van der Waals surface area contributed by atoms with Gasteiger partial charge in [0.05, 0.1) is 11.9 Å². The van der Waals surface area contributed by atoms with E-state index in [-0.39, 0.29) is 0 Å². The van der Waals surface area contributed by atoms with E-state index < -0.39 is 0 Å². The lowest BCUT2D eigenvalue weighted by Crippen LogP contribution is -1.98. The Morgan fingerprint density at radius 1 is 1.06 bits per heavy atom. The largest absolute Gasteiger partial charge is 0.238 e. The highest BCUT2D eigenvalue weighted by molar-refractivity contribution is 6.30. The number of rotatable bonds is 1. The third-order valence-electron chi connectivity index (χ3n) is 2.33. The lowest BCUT2D eigenvalue weighted by Gasteiger charge is -2.04. The Kier molecular flexibility index (Phi) is 4.56. The zero-order valence-electron chi connectivity index (χ0n) is 10.2. The van der Waals surface area contributed by atoms with Crippen LogP contribution in [0.25, 0.3) is 5.69 Å². The summed E-state index contributed by atoms with van der Waals surface area (Å²) >= 11 is 5.81. The SMILES string of the molecule is CC.Cc1cnn(-c2ccc(Cl)cc2)c1C. The Labute approximate surface area is 102 Å². The normalized spacial score (nSPS) is 9.56. The Morgan fingerprint density at radius 3 is 2.06 bits per heavy atom. The maximum absolute atomic E-state index is 5.81. The summed E-state index contributed by atoms with van der Waals surface area (Å²) in [4.78, 5) is 0. The standard InChI is InChI=1S/C11H11ClN2.C2H6/c1-8-7-13-14(9(8)2)11-5-3-10(12)4-6-11;1-2/h3-7H,1-2H3;1-2H3. The average molecular weight is 237 g/mol. The minimum atomic E-state index is 0.746. The molecule has 0 unspecified atom stereocenters. The van der Waals surface area contributed by atoms with Crippen molar-refractivity contribution >= 4 is 11.6 Å². The van der Waals surface area contributed by atoms with E-state index in [2.05, 4.69) is 18.9 Å². The van der Waals surface area contributed by atoms with Gasteiger partial charge in [-0.05, 0) is 43.7 Å². The third kappa shape index (κ3) is 2.64. The van der Waals surface area contributed by atoms with Gasteiger partial charge in [-0.2, -0.15) is 5.10 Å². The van der Waals surface area contributed by atoms with Crippen LogP contribution in [0.1, 0.15) is 25.1 Å². The van der Waals surface area contributed by atoms with Gasteiger partial charge in [0.2, 0.25) is 0 Å².